The van der Waals surface area contributed by atoms with Crippen LogP contribution in [0.2, 0.25) is 0 Å². The number of amides is 1. The summed E-state index contributed by atoms with van der Waals surface area (Å²) in [6.07, 6.45) is 2.46. The molecule has 0 bridgehead atoms. The number of hydrogen-bond acceptors (Lipinski definition) is 3. The number of carbonyl (C=O) groups excluding carboxylic acids is 1. The molecule has 2 N–H and O–H groups in total. The number of carboxylic acid groups (broad SMARTS) is 1. The van der Waals surface area contributed by atoms with Crippen molar-refractivity contribution in [3.05, 3.63) is 66.0 Å². The summed E-state index contributed by atoms with van der Waals surface area (Å²) in [6, 6.07) is 14.4. The minimum Gasteiger partial charge on any atom is -0.481 e. The maximum Gasteiger partial charge on any atom is 0.311 e. The second-order valence-corrected chi connectivity index (χ2v) is 7.79. The van der Waals surface area contributed by atoms with Gasteiger partial charge in [-0.1, -0.05) is 36.8 Å². The van der Waals surface area contributed by atoms with Gasteiger partial charge in [-0.05, 0) is 48.6 Å². The van der Waals surface area contributed by atoms with Gasteiger partial charge in [0.05, 0.1) is 5.41 Å². The predicted octanol–water partition coefficient (Wildman–Crippen LogP) is 3.69. The molecule has 1 unspecified atom stereocenters. The van der Waals surface area contributed by atoms with Crippen molar-refractivity contribution in [1.29, 1.82) is 0 Å². The lowest BCUT2D eigenvalue weighted by Gasteiger charge is -2.29. The summed E-state index contributed by atoms with van der Waals surface area (Å²) < 4.78 is 13.2. The highest BCUT2D eigenvalue weighted by Gasteiger charge is 2.56. The summed E-state index contributed by atoms with van der Waals surface area (Å²) in [6.45, 7) is 0.950. The Kier molecular flexibility index (Phi) is 4.89. The molecule has 2 aromatic carbocycles. The van der Waals surface area contributed by atoms with Crippen molar-refractivity contribution in [2.75, 3.05) is 18.4 Å². The maximum absolute atomic E-state index is 13.2. The zero-order valence-electron chi connectivity index (χ0n) is 15.5. The molecule has 4 rings (SSSR count). The van der Waals surface area contributed by atoms with E-state index in [9.17, 15) is 19.1 Å². The van der Waals surface area contributed by atoms with E-state index in [1.54, 1.807) is 0 Å². The van der Waals surface area contributed by atoms with Crippen molar-refractivity contribution in [3.63, 3.8) is 0 Å². The van der Waals surface area contributed by atoms with Crippen LogP contribution in [0.25, 0.3) is 0 Å². The Morgan fingerprint density at radius 2 is 1.86 bits per heavy atom. The number of carboxylic acids is 1. The average molecular weight is 382 g/mol. The summed E-state index contributed by atoms with van der Waals surface area (Å²) in [4.78, 5) is 27.2. The number of benzene rings is 2. The fraction of sp³-hybridized carbons (Fsp3) is 0.364. The zero-order valence-corrected chi connectivity index (χ0v) is 15.5. The number of anilines is 1. The van der Waals surface area contributed by atoms with Crippen LogP contribution in [-0.2, 0) is 9.59 Å². The number of halogens is 1. The van der Waals surface area contributed by atoms with Crippen LogP contribution in [0.3, 0.4) is 0 Å². The molecule has 0 radical (unpaired) electrons. The molecule has 3 atom stereocenters. The van der Waals surface area contributed by atoms with Crippen LogP contribution >= 0.6 is 0 Å². The fourth-order valence-electron chi connectivity index (χ4n) is 4.78. The first kappa shape index (κ1) is 18.6. The van der Waals surface area contributed by atoms with E-state index in [0.29, 0.717) is 25.2 Å². The molecule has 1 saturated heterocycles. The SMILES string of the molecule is O=C(Nc1ccc(F)cc1)C(c1ccccc1)N1C[C@@H]2CCC[C@@]2(C(=O)O)C1. The van der Waals surface area contributed by atoms with E-state index in [2.05, 4.69) is 5.32 Å². The minimum atomic E-state index is -0.761. The van der Waals surface area contributed by atoms with Crippen LogP contribution in [-0.4, -0.2) is 35.0 Å². The lowest BCUT2D eigenvalue weighted by atomic mass is 9.81. The van der Waals surface area contributed by atoms with E-state index in [0.717, 1.165) is 18.4 Å². The van der Waals surface area contributed by atoms with Crippen LogP contribution in [0.15, 0.2) is 54.6 Å². The van der Waals surface area contributed by atoms with E-state index in [1.165, 1.54) is 24.3 Å². The van der Waals surface area contributed by atoms with Gasteiger partial charge < -0.3 is 10.4 Å². The topological polar surface area (TPSA) is 69.6 Å². The monoisotopic (exact) mass is 382 g/mol. The minimum absolute atomic E-state index is 0.0647. The van der Waals surface area contributed by atoms with E-state index in [-0.39, 0.29) is 17.6 Å². The van der Waals surface area contributed by atoms with Crippen LogP contribution in [0.4, 0.5) is 10.1 Å². The Balaban J connectivity index is 1.62. The molecule has 5 nitrogen and oxygen atoms in total. The Morgan fingerprint density at radius 3 is 2.50 bits per heavy atom. The Hall–Kier alpha value is -2.73. The van der Waals surface area contributed by atoms with Gasteiger partial charge in [0.15, 0.2) is 0 Å². The Morgan fingerprint density at radius 1 is 1.14 bits per heavy atom. The largest absolute Gasteiger partial charge is 0.481 e. The molecule has 0 aromatic heterocycles. The quantitative estimate of drug-likeness (QED) is 0.827. The van der Waals surface area contributed by atoms with Crippen molar-refractivity contribution < 1.29 is 19.1 Å². The number of likely N-dealkylation sites (tertiary alicyclic amines) is 1. The molecular weight excluding hydrogens is 359 g/mol. The molecule has 28 heavy (non-hydrogen) atoms. The standard InChI is InChI=1S/C22H23FN2O3/c23-17-8-10-18(11-9-17)24-20(26)19(15-5-2-1-3-6-15)25-13-16-7-4-12-22(16,14-25)21(27)28/h1-3,5-6,8-11,16,19H,4,7,12-14H2,(H,24,26)(H,27,28)/t16-,19?,22+/m0/s1. The second-order valence-electron chi connectivity index (χ2n) is 7.79. The van der Waals surface area contributed by atoms with E-state index in [1.807, 2.05) is 35.2 Å². The highest BCUT2D eigenvalue weighted by Crippen LogP contribution is 2.50. The van der Waals surface area contributed by atoms with Gasteiger partial charge in [0, 0.05) is 18.8 Å². The lowest BCUT2D eigenvalue weighted by Crippen LogP contribution is -2.39. The van der Waals surface area contributed by atoms with Gasteiger partial charge in [-0.3, -0.25) is 14.5 Å². The van der Waals surface area contributed by atoms with E-state index in [4.69, 9.17) is 0 Å². The average Bonchev–Trinajstić information content (AvgIpc) is 3.23. The molecule has 1 saturated carbocycles. The smallest absolute Gasteiger partial charge is 0.311 e. The molecule has 146 valence electrons. The molecule has 6 heteroatoms. The number of nitrogens with zero attached hydrogens (tertiary/aromatic N) is 1. The number of hydrogen-bond donors (Lipinski definition) is 2. The third-order valence-corrected chi connectivity index (χ3v) is 6.16. The van der Waals surface area contributed by atoms with Crippen LogP contribution in [0.1, 0.15) is 30.9 Å². The second kappa shape index (κ2) is 7.36. The molecule has 1 heterocycles. The number of aliphatic carboxylic acids is 1. The van der Waals surface area contributed by atoms with E-state index >= 15 is 0 Å². The summed E-state index contributed by atoms with van der Waals surface area (Å²) in [5, 5.41) is 12.7. The predicted molar refractivity (Wildman–Crippen MR) is 103 cm³/mol. The molecule has 2 aliphatic rings. The van der Waals surface area contributed by atoms with Crippen molar-refractivity contribution in [1.82, 2.24) is 4.90 Å². The highest BCUT2D eigenvalue weighted by atomic mass is 19.1. The maximum atomic E-state index is 13.2. The molecule has 1 aliphatic heterocycles. The third kappa shape index (κ3) is 3.29. The molecule has 2 aromatic rings. The van der Waals surface area contributed by atoms with Crippen molar-refractivity contribution >= 4 is 17.6 Å². The van der Waals surface area contributed by atoms with Crippen molar-refractivity contribution in [3.8, 4) is 0 Å². The first-order valence-electron chi connectivity index (χ1n) is 9.58. The summed E-state index contributed by atoms with van der Waals surface area (Å²) in [7, 11) is 0. The number of carbonyl (C=O) groups is 2. The third-order valence-electron chi connectivity index (χ3n) is 6.16. The molecular formula is C22H23FN2O3. The Labute approximate surface area is 163 Å². The van der Waals surface area contributed by atoms with Gasteiger partial charge in [-0.15, -0.1) is 0 Å². The van der Waals surface area contributed by atoms with Crippen LogP contribution in [0, 0.1) is 17.2 Å². The molecule has 1 amide bonds. The van der Waals surface area contributed by atoms with Crippen molar-refractivity contribution in [2.45, 2.75) is 25.3 Å². The van der Waals surface area contributed by atoms with Crippen molar-refractivity contribution in [2.24, 2.45) is 11.3 Å². The van der Waals surface area contributed by atoms with Crippen LogP contribution in [0.5, 0.6) is 0 Å². The van der Waals surface area contributed by atoms with E-state index < -0.39 is 17.4 Å². The zero-order chi connectivity index (χ0) is 19.7. The Bertz CT molecular complexity index is 871. The van der Waals surface area contributed by atoms with Crippen LogP contribution < -0.4 is 5.32 Å². The normalized spacial score (nSPS) is 25.2. The number of fused-ring (bicyclic) bond motifs is 1. The number of rotatable bonds is 5. The van der Waals surface area contributed by atoms with Gasteiger partial charge >= 0.3 is 5.97 Å². The van der Waals surface area contributed by atoms with Gasteiger partial charge in [-0.25, -0.2) is 4.39 Å². The summed E-state index contributed by atoms with van der Waals surface area (Å²) in [5.74, 6) is -1.30. The summed E-state index contributed by atoms with van der Waals surface area (Å²) >= 11 is 0. The summed E-state index contributed by atoms with van der Waals surface area (Å²) in [5.41, 5.74) is 0.575. The highest BCUT2D eigenvalue weighted by molar-refractivity contribution is 5.95. The lowest BCUT2D eigenvalue weighted by molar-refractivity contribution is -0.149. The molecule has 2 fully saturated rings. The van der Waals surface area contributed by atoms with Gasteiger partial charge in [0.1, 0.15) is 11.9 Å². The van der Waals surface area contributed by atoms with Gasteiger partial charge in [0.2, 0.25) is 5.91 Å². The molecule has 0 spiro atoms. The molecule has 1 aliphatic carbocycles. The first-order chi connectivity index (χ1) is 13.5. The van der Waals surface area contributed by atoms with Gasteiger partial charge in [-0.2, -0.15) is 0 Å². The fourth-order valence-corrected chi connectivity index (χ4v) is 4.78. The first-order valence-corrected chi connectivity index (χ1v) is 9.58. The number of nitrogens with one attached hydrogen (secondary N) is 1. The van der Waals surface area contributed by atoms with Gasteiger partial charge in [0.25, 0.3) is 0 Å².